The number of unbranched alkanes of at least 4 members (excludes halogenated alkanes) is 12. The molecule has 52 heavy (non-hydrogen) atoms. The maximum atomic E-state index is 13.8. The Morgan fingerprint density at radius 1 is 0.731 bits per heavy atom. The van der Waals surface area contributed by atoms with Gasteiger partial charge in [0.05, 0.1) is 0 Å². The minimum Gasteiger partial charge on any atom is -0.461 e. The minimum absolute atomic E-state index is 0.0650. The highest BCUT2D eigenvalue weighted by Gasteiger charge is 2.47. The molecule has 0 unspecified atom stereocenters. The van der Waals surface area contributed by atoms with Crippen molar-refractivity contribution in [2.45, 2.75) is 199 Å². The predicted octanol–water partition coefficient (Wildman–Crippen LogP) is 6.97. The van der Waals surface area contributed by atoms with Gasteiger partial charge in [-0.25, -0.2) is 14.2 Å². The van der Waals surface area contributed by atoms with Crippen molar-refractivity contribution in [1.29, 1.82) is 0 Å². The molecule has 1 aromatic rings. The number of nitrogens with two attached hydrogens (primary N) is 1. The number of ether oxygens (including phenoxy) is 5. The quantitative estimate of drug-likeness (QED) is 0.0648. The van der Waals surface area contributed by atoms with Crippen molar-refractivity contribution in [2.75, 3.05) is 20.3 Å². The highest BCUT2D eigenvalue weighted by molar-refractivity contribution is 5.71. The van der Waals surface area contributed by atoms with Gasteiger partial charge in [0.25, 0.3) is 5.56 Å². The van der Waals surface area contributed by atoms with Gasteiger partial charge in [-0.05, 0) is 51.4 Å². The number of hydrogen-bond acceptors (Lipinski definition) is 10. The number of esters is 2. The van der Waals surface area contributed by atoms with Crippen LogP contribution in [0.25, 0.3) is 0 Å². The van der Waals surface area contributed by atoms with Crippen LogP contribution in [0.3, 0.4) is 0 Å². The fourth-order valence-electron chi connectivity index (χ4n) is 6.91. The van der Waals surface area contributed by atoms with Gasteiger partial charge >= 0.3 is 17.6 Å². The van der Waals surface area contributed by atoms with Crippen LogP contribution in [0.15, 0.2) is 21.9 Å². The Morgan fingerprint density at radius 3 is 1.65 bits per heavy atom. The molecule has 12 heteroatoms. The first-order valence-corrected chi connectivity index (χ1v) is 20.4. The number of aromatic nitrogens is 2. The summed E-state index contributed by atoms with van der Waals surface area (Å²) < 4.78 is 31.8. The molecule has 1 aliphatic heterocycles. The van der Waals surface area contributed by atoms with E-state index in [1.54, 1.807) is 0 Å². The summed E-state index contributed by atoms with van der Waals surface area (Å²) in [5.74, 6) is -1.14. The summed E-state index contributed by atoms with van der Waals surface area (Å²) >= 11 is 0. The van der Waals surface area contributed by atoms with E-state index >= 15 is 0 Å². The Labute approximate surface area is 312 Å². The molecule has 2 rings (SSSR count). The third kappa shape index (κ3) is 16.2. The van der Waals surface area contributed by atoms with Crippen LogP contribution in [0.2, 0.25) is 0 Å². The summed E-state index contributed by atoms with van der Waals surface area (Å²) in [5, 5.41) is 0. The molecule has 300 valence electrons. The summed E-state index contributed by atoms with van der Waals surface area (Å²) in [5.41, 5.74) is 4.61. The Kier molecular flexibility index (Phi) is 23.8. The molecule has 1 aliphatic rings. The Hall–Kier alpha value is -2.54. The summed E-state index contributed by atoms with van der Waals surface area (Å²) in [6, 6.07) is 1.20. The van der Waals surface area contributed by atoms with E-state index in [0.717, 1.165) is 133 Å². The number of carbonyl (C=O) groups is 2. The molecule has 0 radical (unpaired) electrons. The van der Waals surface area contributed by atoms with Crippen molar-refractivity contribution in [3.63, 3.8) is 0 Å². The van der Waals surface area contributed by atoms with Crippen molar-refractivity contribution in [1.82, 2.24) is 9.13 Å². The Bertz CT molecular complexity index is 1210. The van der Waals surface area contributed by atoms with E-state index in [1.165, 1.54) is 23.9 Å². The summed E-state index contributed by atoms with van der Waals surface area (Å²) in [7, 11) is 1.48. The second kappa shape index (κ2) is 27.1. The van der Waals surface area contributed by atoms with Crippen molar-refractivity contribution < 1.29 is 33.3 Å². The lowest BCUT2D eigenvalue weighted by atomic mass is 10.0. The molecule has 0 amide bonds. The Balaban J connectivity index is 2.19. The lowest BCUT2D eigenvalue weighted by molar-refractivity contribution is -0.162. The lowest BCUT2D eigenvalue weighted by Gasteiger charge is -2.25. The van der Waals surface area contributed by atoms with E-state index in [0.29, 0.717) is 0 Å². The van der Waals surface area contributed by atoms with Gasteiger partial charge in [-0.3, -0.25) is 14.2 Å². The maximum Gasteiger partial charge on any atom is 0.333 e. The van der Waals surface area contributed by atoms with E-state index in [4.69, 9.17) is 29.4 Å². The lowest BCUT2D eigenvalue weighted by Crippen LogP contribution is -2.45. The van der Waals surface area contributed by atoms with Crippen LogP contribution in [0.5, 0.6) is 0 Å². The zero-order chi connectivity index (χ0) is 38.1. The van der Waals surface area contributed by atoms with Gasteiger partial charge in [-0.1, -0.05) is 105 Å². The van der Waals surface area contributed by atoms with Crippen LogP contribution in [0, 0.1) is 0 Å². The van der Waals surface area contributed by atoms with E-state index in [1.807, 2.05) is 0 Å². The molecule has 0 aliphatic carbocycles. The van der Waals surface area contributed by atoms with Crippen LogP contribution in [0.4, 0.5) is 0 Å². The maximum absolute atomic E-state index is 13.8. The molecule has 1 saturated heterocycles. The molecule has 4 atom stereocenters. The van der Waals surface area contributed by atoms with Gasteiger partial charge in [0.15, 0.2) is 6.23 Å². The Morgan fingerprint density at radius 2 is 1.21 bits per heavy atom. The normalized spacial score (nSPS) is 18.8. The standard InChI is InChI=1S/C40H71N3O9/c1-6-10-14-18-22-31(23-19-15-11-7-2)50-35(45)29-43-34(44)26-27-42(40(43)47)39-38(37(48-5)33(28-41)52-39)49-30-36(46)51-32(24-20-16-12-8-3)25-21-17-13-9-4/h26-27,31-33,37-39H,6-25,28-30,41H2,1-5H3/t33-,37-,38-,39-/m1/s1. The molecule has 1 aromatic heterocycles. The zero-order valence-electron chi connectivity index (χ0n) is 33.0. The molecule has 1 fully saturated rings. The number of methoxy groups -OCH3 is 1. The van der Waals surface area contributed by atoms with Crippen molar-refractivity contribution >= 4 is 11.9 Å². The molecule has 0 saturated carbocycles. The van der Waals surface area contributed by atoms with E-state index in [9.17, 15) is 19.2 Å². The second-order valence-electron chi connectivity index (χ2n) is 14.3. The van der Waals surface area contributed by atoms with Gasteiger partial charge in [-0.2, -0.15) is 0 Å². The van der Waals surface area contributed by atoms with E-state index in [-0.39, 0.29) is 25.4 Å². The second-order valence-corrected chi connectivity index (χ2v) is 14.3. The summed E-state index contributed by atoms with van der Waals surface area (Å²) in [6.45, 7) is 7.80. The number of carbonyl (C=O) groups excluding carboxylic acids is 2. The zero-order valence-corrected chi connectivity index (χ0v) is 33.0. The van der Waals surface area contributed by atoms with E-state index < -0.39 is 54.3 Å². The highest BCUT2D eigenvalue weighted by Crippen LogP contribution is 2.32. The SMILES string of the molecule is CCCCCCC(CCCCCC)OC(=O)CO[C@@H]1[C@H](OC)[C@@H](CN)O[C@H]1n1ccc(=O)n(CC(=O)OC(CCCCCC)CCCCCC)c1=O. The summed E-state index contributed by atoms with van der Waals surface area (Å²) in [6.07, 6.45) is 17.9. The largest absolute Gasteiger partial charge is 0.461 e. The molecule has 0 aromatic carbocycles. The first-order valence-electron chi connectivity index (χ1n) is 20.4. The number of rotatable bonds is 30. The molecule has 0 bridgehead atoms. The third-order valence-corrected chi connectivity index (χ3v) is 9.96. The van der Waals surface area contributed by atoms with Crippen LogP contribution in [0.1, 0.15) is 162 Å². The van der Waals surface area contributed by atoms with Crippen molar-refractivity contribution in [3.8, 4) is 0 Å². The van der Waals surface area contributed by atoms with Crippen molar-refractivity contribution in [2.24, 2.45) is 5.73 Å². The minimum atomic E-state index is -1.08. The van der Waals surface area contributed by atoms with Gasteiger partial charge in [0, 0.05) is 25.9 Å². The van der Waals surface area contributed by atoms with Crippen LogP contribution in [-0.4, -0.2) is 71.9 Å². The molecule has 2 N–H and O–H groups in total. The van der Waals surface area contributed by atoms with Gasteiger partial charge < -0.3 is 29.4 Å². The van der Waals surface area contributed by atoms with E-state index in [2.05, 4.69) is 27.7 Å². The number of hydrogen-bond donors (Lipinski definition) is 1. The smallest absolute Gasteiger partial charge is 0.333 e. The van der Waals surface area contributed by atoms with Crippen LogP contribution in [-0.2, 0) is 39.8 Å². The highest BCUT2D eigenvalue weighted by atomic mass is 16.6. The monoisotopic (exact) mass is 738 g/mol. The molecule has 0 spiro atoms. The predicted molar refractivity (Wildman–Crippen MR) is 203 cm³/mol. The molecule has 12 nitrogen and oxygen atoms in total. The van der Waals surface area contributed by atoms with Crippen molar-refractivity contribution in [3.05, 3.63) is 33.1 Å². The first-order chi connectivity index (χ1) is 25.2. The number of nitrogens with zero attached hydrogens (tertiary/aromatic N) is 2. The van der Waals surface area contributed by atoms with Crippen LogP contribution >= 0.6 is 0 Å². The first kappa shape index (κ1) is 45.6. The molecule has 2 heterocycles. The third-order valence-electron chi connectivity index (χ3n) is 9.96. The topological polar surface area (TPSA) is 150 Å². The fourth-order valence-corrected chi connectivity index (χ4v) is 6.91. The van der Waals surface area contributed by atoms with Gasteiger partial charge in [-0.15, -0.1) is 0 Å². The average molecular weight is 738 g/mol. The molecular weight excluding hydrogens is 666 g/mol. The average Bonchev–Trinajstić information content (AvgIpc) is 3.49. The molecular formula is C40H71N3O9. The fraction of sp³-hybridized carbons (Fsp3) is 0.850. The summed E-state index contributed by atoms with van der Waals surface area (Å²) in [4.78, 5) is 53.1. The van der Waals surface area contributed by atoms with Gasteiger partial charge in [0.1, 0.15) is 43.7 Å². The van der Waals surface area contributed by atoms with Crippen LogP contribution < -0.4 is 17.0 Å². The van der Waals surface area contributed by atoms with Gasteiger partial charge in [0.2, 0.25) is 0 Å².